The van der Waals surface area contributed by atoms with Gasteiger partial charge in [-0.15, -0.1) is 0 Å². The Kier molecular flexibility index (Phi) is 5.16. The average molecular weight is 360 g/mol. The minimum absolute atomic E-state index is 0.124. The Hall–Kier alpha value is -2.18. The molecule has 3 aliphatic rings. The van der Waals surface area contributed by atoms with E-state index in [2.05, 4.69) is 13.2 Å². The monoisotopic (exact) mass is 360 g/mol. The smallest absolute Gasteiger partial charge is 0.334 e. The minimum Gasteiger partial charge on any atom is -0.458 e. The predicted octanol–water partition coefficient (Wildman–Crippen LogP) is 2.61. The number of fused-ring (bicyclic) bond motifs is 2. The minimum atomic E-state index is -0.628. The molecule has 3 rings (SSSR count). The summed E-state index contributed by atoms with van der Waals surface area (Å²) in [6.07, 6.45) is 3.18. The van der Waals surface area contributed by atoms with E-state index in [1.807, 2.05) is 19.1 Å². The van der Waals surface area contributed by atoms with Gasteiger partial charge in [-0.25, -0.2) is 9.59 Å². The van der Waals surface area contributed by atoms with Crippen LogP contribution in [0.25, 0.3) is 0 Å². The van der Waals surface area contributed by atoms with E-state index in [0.717, 1.165) is 11.1 Å². The van der Waals surface area contributed by atoms with E-state index >= 15 is 0 Å². The van der Waals surface area contributed by atoms with Crippen molar-refractivity contribution in [3.63, 3.8) is 0 Å². The maximum atomic E-state index is 12.2. The number of carbonyl (C=O) groups is 2. The topological polar surface area (TPSA) is 71.1 Å². The van der Waals surface area contributed by atoms with Crippen molar-refractivity contribution in [2.45, 2.75) is 51.3 Å². The molecule has 26 heavy (non-hydrogen) atoms. The van der Waals surface area contributed by atoms with Crippen LogP contribution in [0, 0.1) is 5.92 Å². The molecule has 0 aromatic carbocycles. The molecule has 5 atom stereocenters. The van der Waals surface area contributed by atoms with Gasteiger partial charge >= 0.3 is 11.9 Å². The number of methoxy groups -OCH3 is 1. The molecule has 2 heterocycles. The first-order valence-corrected chi connectivity index (χ1v) is 8.62. The largest absolute Gasteiger partial charge is 0.458 e. The van der Waals surface area contributed by atoms with Crippen LogP contribution in [0.2, 0.25) is 0 Å². The van der Waals surface area contributed by atoms with Gasteiger partial charge in [-0.2, -0.15) is 0 Å². The van der Waals surface area contributed by atoms with Crippen molar-refractivity contribution < 1.29 is 28.5 Å². The lowest BCUT2D eigenvalue weighted by Gasteiger charge is -2.27. The van der Waals surface area contributed by atoms with Crippen molar-refractivity contribution in [2.24, 2.45) is 5.92 Å². The van der Waals surface area contributed by atoms with Crippen molar-refractivity contribution in [1.82, 2.24) is 0 Å². The zero-order valence-electron chi connectivity index (χ0n) is 15.3. The van der Waals surface area contributed by atoms with Crippen LogP contribution in [0.4, 0.5) is 0 Å². The molecule has 140 valence electrons. The van der Waals surface area contributed by atoms with Crippen LogP contribution >= 0.6 is 0 Å². The molecule has 0 aromatic rings. The summed E-state index contributed by atoms with van der Waals surface area (Å²) >= 11 is 0. The Bertz CT molecular complexity index is 716. The van der Waals surface area contributed by atoms with Crippen LogP contribution < -0.4 is 0 Å². The number of ether oxygens (including phenoxy) is 4. The molecule has 6 nitrogen and oxygen atoms in total. The first kappa shape index (κ1) is 18.6. The summed E-state index contributed by atoms with van der Waals surface area (Å²) in [6, 6.07) is 0. The van der Waals surface area contributed by atoms with Gasteiger partial charge in [0.1, 0.15) is 12.2 Å². The molecule has 5 unspecified atom stereocenters. The second kappa shape index (κ2) is 7.21. The lowest BCUT2D eigenvalue weighted by atomic mass is 9.85. The van der Waals surface area contributed by atoms with E-state index in [0.29, 0.717) is 24.0 Å². The standard InChI is InChI=1S/C20H24O6/c1-10(2)18(21)25-16-9-13-8-14(24-20(13)23-5)6-11(3)7-15-17(16)12(4)19(22)26-15/h7-8,14-17,20H,1,4,6,9H2,2-3,5H3. The summed E-state index contributed by atoms with van der Waals surface area (Å²) in [6.45, 7) is 11.1. The fraction of sp³-hybridized carbons (Fsp3) is 0.500. The highest BCUT2D eigenvalue weighted by Crippen LogP contribution is 2.39. The highest BCUT2D eigenvalue weighted by Gasteiger charge is 2.46. The zero-order valence-corrected chi connectivity index (χ0v) is 15.3. The lowest BCUT2D eigenvalue weighted by molar-refractivity contribution is -0.148. The molecule has 2 aliphatic heterocycles. The van der Waals surface area contributed by atoms with Crippen molar-refractivity contribution >= 4 is 11.9 Å². The third-order valence-electron chi connectivity index (χ3n) is 4.89. The SMILES string of the molecule is C=C(C)C(=O)OC1CC2=CC(CC(C)=CC3OC(=O)C(=C)C31)OC2OC. The first-order chi connectivity index (χ1) is 12.3. The molecule has 2 bridgehead atoms. The van der Waals surface area contributed by atoms with E-state index in [1.54, 1.807) is 14.0 Å². The van der Waals surface area contributed by atoms with Crippen LogP contribution in [0.5, 0.6) is 0 Å². The Morgan fingerprint density at radius 3 is 2.69 bits per heavy atom. The van der Waals surface area contributed by atoms with E-state index in [1.165, 1.54) is 0 Å². The van der Waals surface area contributed by atoms with Crippen LogP contribution in [0.1, 0.15) is 26.7 Å². The molecule has 0 spiro atoms. The Labute approximate surface area is 153 Å². The fourth-order valence-electron chi connectivity index (χ4n) is 3.64. The summed E-state index contributed by atoms with van der Waals surface area (Å²) in [4.78, 5) is 24.3. The predicted molar refractivity (Wildman–Crippen MR) is 93.9 cm³/mol. The third-order valence-corrected chi connectivity index (χ3v) is 4.89. The molecule has 0 N–H and O–H groups in total. The zero-order chi connectivity index (χ0) is 19.0. The van der Waals surface area contributed by atoms with Crippen LogP contribution in [0.15, 0.2) is 47.6 Å². The van der Waals surface area contributed by atoms with Crippen LogP contribution in [-0.2, 0) is 28.5 Å². The van der Waals surface area contributed by atoms with Crippen molar-refractivity contribution in [2.75, 3.05) is 7.11 Å². The quantitative estimate of drug-likeness (QED) is 0.438. The Morgan fingerprint density at radius 1 is 1.31 bits per heavy atom. The summed E-state index contributed by atoms with van der Waals surface area (Å²) in [5.41, 5.74) is 2.51. The summed E-state index contributed by atoms with van der Waals surface area (Å²) < 4.78 is 22.5. The van der Waals surface area contributed by atoms with Crippen LogP contribution in [-0.4, -0.2) is 43.7 Å². The number of esters is 2. The highest BCUT2D eigenvalue weighted by molar-refractivity contribution is 5.91. The number of rotatable bonds is 3. The van der Waals surface area contributed by atoms with Crippen LogP contribution in [0.3, 0.4) is 0 Å². The Morgan fingerprint density at radius 2 is 2.04 bits per heavy atom. The van der Waals surface area contributed by atoms with Crippen molar-refractivity contribution in [3.05, 3.63) is 47.6 Å². The van der Waals surface area contributed by atoms with Gasteiger partial charge in [-0.1, -0.05) is 24.8 Å². The van der Waals surface area contributed by atoms with Gasteiger partial charge in [-0.05, 0) is 31.9 Å². The van der Waals surface area contributed by atoms with Gasteiger partial charge in [0.2, 0.25) is 0 Å². The van der Waals surface area contributed by atoms with Crippen molar-refractivity contribution in [1.29, 1.82) is 0 Å². The molecular formula is C20H24O6. The summed E-state index contributed by atoms with van der Waals surface area (Å²) in [7, 11) is 1.57. The maximum Gasteiger partial charge on any atom is 0.334 e. The van der Waals surface area contributed by atoms with E-state index in [4.69, 9.17) is 18.9 Å². The van der Waals surface area contributed by atoms with Gasteiger partial charge in [-0.3, -0.25) is 0 Å². The fourth-order valence-corrected chi connectivity index (χ4v) is 3.64. The number of carbonyl (C=O) groups excluding carboxylic acids is 2. The molecule has 0 amide bonds. The van der Waals surface area contributed by atoms with E-state index in [9.17, 15) is 9.59 Å². The molecule has 1 aliphatic carbocycles. The highest BCUT2D eigenvalue weighted by atomic mass is 16.7. The number of hydrogen-bond acceptors (Lipinski definition) is 6. The van der Waals surface area contributed by atoms with Gasteiger partial charge < -0.3 is 18.9 Å². The van der Waals surface area contributed by atoms with E-state index in [-0.39, 0.29) is 6.10 Å². The average Bonchev–Trinajstić information content (AvgIpc) is 3.06. The Balaban J connectivity index is 2.00. The van der Waals surface area contributed by atoms with Crippen molar-refractivity contribution in [3.8, 4) is 0 Å². The molecule has 0 radical (unpaired) electrons. The second-order valence-corrected chi connectivity index (χ2v) is 7.05. The molecule has 6 heteroatoms. The summed E-state index contributed by atoms with van der Waals surface area (Å²) in [5, 5.41) is 0. The normalized spacial score (nSPS) is 33.7. The molecule has 1 fully saturated rings. The summed E-state index contributed by atoms with van der Waals surface area (Å²) in [5.74, 6) is -1.43. The molecule has 0 aromatic heterocycles. The van der Waals surface area contributed by atoms with Gasteiger partial charge in [0.15, 0.2) is 6.29 Å². The second-order valence-electron chi connectivity index (χ2n) is 7.05. The van der Waals surface area contributed by atoms with Gasteiger partial charge in [0.05, 0.1) is 12.0 Å². The number of hydrogen-bond donors (Lipinski definition) is 0. The third kappa shape index (κ3) is 3.52. The van der Waals surface area contributed by atoms with E-state index < -0.39 is 36.4 Å². The maximum absolute atomic E-state index is 12.2. The molecule has 0 saturated carbocycles. The molecule has 1 saturated heterocycles. The molecular weight excluding hydrogens is 336 g/mol. The lowest BCUT2D eigenvalue weighted by Crippen LogP contribution is -2.34. The van der Waals surface area contributed by atoms with Gasteiger partial charge in [0.25, 0.3) is 0 Å². The first-order valence-electron chi connectivity index (χ1n) is 8.62. The van der Waals surface area contributed by atoms with Gasteiger partial charge in [0, 0.05) is 24.7 Å².